The van der Waals surface area contributed by atoms with E-state index in [-0.39, 0.29) is 17.9 Å². The smallest absolute Gasteiger partial charge is 0.246 e. The molecule has 0 N–H and O–H groups in total. The summed E-state index contributed by atoms with van der Waals surface area (Å²) in [5, 5.41) is 0. The molecule has 2 aliphatic heterocycles. The molecule has 0 aromatic heterocycles. The van der Waals surface area contributed by atoms with E-state index in [1.807, 2.05) is 30.6 Å². The molecule has 136 valence electrons. The summed E-state index contributed by atoms with van der Waals surface area (Å²) < 4.78 is 0. The maximum Gasteiger partial charge on any atom is 0.246 e. The van der Waals surface area contributed by atoms with Gasteiger partial charge in [-0.2, -0.15) is 0 Å². The summed E-state index contributed by atoms with van der Waals surface area (Å²) in [7, 11) is 0. The topological polar surface area (TPSA) is 40.6 Å². The second kappa shape index (κ2) is 6.89. The Morgan fingerprint density at radius 1 is 1.00 bits per heavy atom. The van der Waals surface area contributed by atoms with E-state index in [2.05, 4.69) is 0 Å². The molecule has 1 atom stereocenters. The summed E-state index contributed by atoms with van der Waals surface area (Å²) in [5.41, 5.74) is 0.0951. The van der Waals surface area contributed by atoms with Crippen LogP contribution < -0.4 is 0 Å². The van der Waals surface area contributed by atoms with Crippen molar-refractivity contribution in [1.82, 2.24) is 9.80 Å². The molecule has 3 aliphatic rings. The molecule has 5 heteroatoms. The first-order chi connectivity index (χ1) is 11.3. The van der Waals surface area contributed by atoms with E-state index in [9.17, 15) is 9.59 Å². The van der Waals surface area contributed by atoms with Gasteiger partial charge in [0.2, 0.25) is 11.8 Å². The lowest BCUT2D eigenvalue weighted by Crippen LogP contribution is -2.54. The number of carbonyl (C=O) groups excluding carboxylic acids is 2. The highest BCUT2D eigenvalue weighted by molar-refractivity contribution is 7.99. The maximum atomic E-state index is 13.0. The first-order valence-corrected chi connectivity index (χ1v) is 10.7. The van der Waals surface area contributed by atoms with Crippen molar-refractivity contribution in [1.29, 1.82) is 0 Å². The molecule has 2 saturated heterocycles. The van der Waals surface area contributed by atoms with E-state index < -0.39 is 5.41 Å². The van der Waals surface area contributed by atoms with Gasteiger partial charge in [-0.1, -0.05) is 40.0 Å². The summed E-state index contributed by atoms with van der Waals surface area (Å²) in [6, 6.07) is -0.248. The van der Waals surface area contributed by atoms with E-state index >= 15 is 0 Å². The van der Waals surface area contributed by atoms with Crippen molar-refractivity contribution in [2.75, 3.05) is 24.7 Å². The lowest BCUT2D eigenvalue weighted by molar-refractivity contribution is -0.149. The summed E-state index contributed by atoms with van der Waals surface area (Å²) in [4.78, 5) is 29.5. The van der Waals surface area contributed by atoms with Gasteiger partial charge in [0.05, 0.1) is 5.88 Å². The van der Waals surface area contributed by atoms with E-state index in [4.69, 9.17) is 0 Å². The molecule has 1 aliphatic carbocycles. The minimum Gasteiger partial charge on any atom is -0.341 e. The first-order valence-electron chi connectivity index (χ1n) is 9.50. The molecule has 2 heterocycles. The van der Waals surface area contributed by atoms with Gasteiger partial charge < -0.3 is 9.80 Å². The fourth-order valence-corrected chi connectivity index (χ4v) is 5.64. The SMILES string of the molecule is CC(C)(C)C(=O)N1CSCC1C(=O)N1CCC2(CCCCC2)CC1. The van der Waals surface area contributed by atoms with Crippen molar-refractivity contribution in [2.24, 2.45) is 10.8 Å². The number of likely N-dealkylation sites (tertiary alicyclic amines) is 1. The summed E-state index contributed by atoms with van der Waals surface area (Å²) in [6.45, 7) is 7.59. The molecule has 3 fully saturated rings. The number of hydrogen-bond donors (Lipinski definition) is 0. The Balaban J connectivity index is 1.61. The van der Waals surface area contributed by atoms with Gasteiger partial charge in [-0.05, 0) is 31.1 Å². The highest BCUT2D eigenvalue weighted by Gasteiger charge is 2.43. The lowest BCUT2D eigenvalue weighted by atomic mass is 9.68. The van der Waals surface area contributed by atoms with Crippen LogP contribution in [0.2, 0.25) is 0 Å². The maximum absolute atomic E-state index is 13.0. The van der Waals surface area contributed by atoms with Crippen LogP contribution in [0.3, 0.4) is 0 Å². The van der Waals surface area contributed by atoms with Crippen molar-refractivity contribution in [2.45, 2.75) is 71.8 Å². The van der Waals surface area contributed by atoms with Crippen molar-refractivity contribution in [3.05, 3.63) is 0 Å². The van der Waals surface area contributed by atoms with Crippen LogP contribution in [0.5, 0.6) is 0 Å². The molecule has 0 bridgehead atoms. The van der Waals surface area contributed by atoms with E-state index in [0.717, 1.165) is 31.7 Å². The van der Waals surface area contributed by atoms with Crippen LogP contribution in [0.1, 0.15) is 65.7 Å². The standard InChI is InChI=1S/C19H32N2O2S/c1-18(2,3)17(23)21-14-24-13-15(21)16(22)20-11-9-19(10-12-20)7-5-4-6-8-19/h15H,4-14H2,1-3H3. The molecule has 24 heavy (non-hydrogen) atoms. The number of piperidine rings is 1. The minimum atomic E-state index is -0.419. The van der Waals surface area contributed by atoms with E-state index in [0.29, 0.717) is 11.3 Å². The predicted molar refractivity (Wildman–Crippen MR) is 98.7 cm³/mol. The molecule has 4 nitrogen and oxygen atoms in total. The number of thioether (sulfide) groups is 1. The van der Waals surface area contributed by atoms with Crippen LogP contribution in [0.25, 0.3) is 0 Å². The van der Waals surface area contributed by atoms with Crippen LogP contribution in [-0.4, -0.2) is 52.4 Å². The third-order valence-corrected chi connectivity index (χ3v) is 7.13. The largest absolute Gasteiger partial charge is 0.341 e. The highest BCUT2D eigenvalue weighted by atomic mass is 32.2. The number of amides is 2. The van der Waals surface area contributed by atoms with Crippen LogP contribution in [-0.2, 0) is 9.59 Å². The van der Waals surface area contributed by atoms with Gasteiger partial charge in [0, 0.05) is 24.3 Å². The van der Waals surface area contributed by atoms with E-state index in [1.54, 1.807) is 11.8 Å². The Hall–Kier alpha value is -0.710. The van der Waals surface area contributed by atoms with Crippen LogP contribution in [0.4, 0.5) is 0 Å². The zero-order valence-corrected chi connectivity index (χ0v) is 16.3. The fraction of sp³-hybridized carbons (Fsp3) is 0.895. The molecular formula is C19H32N2O2S. The predicted octanol–water partition coefficient (Wildman–Crippen LogP) is 3.51. The Labute approximate surface area is 150 Å². The van der Waals surface area contributed by atoms with Gasteiger partial charge in [0.25, 0.3) is 0 Å². The molecule has 1 spiro atoms. The Morgan fingerprint density at radius 3 is 2.21 bits per heavy atom. The van der Waals surface area contributed by atoms with Crippen LogP contribution in [0.15, 0.2) is 0 Å². The van der Waals surface area contributed by atoms with E-state index in [1.165, 1.54) is 32.1 Å². The second-order valence-electron chi connectivity index (χ2n) is 8.93. The number of carbonyl (C=O) groups is 2. The third-order valence-electron chi connectivity index (χ3n) is 6.12. The molecule has 0 aromatic carbocycles. The average molecular weight is 353 g/mol. The zero-order chi connectivity index (χ0) is 17.4. The Morgan fingerprint density at radius 2 is 1.62 bits per heavy atom. The molecular weight excluding hydrogens is 320 g/mol. The summed E-state index contributed by atoms with van der Waals surface area (Å²) >= 11 is 1.71. The highest BCUT2D eigenvalue weighted by Crippen LogP contribution is 2.44. The lowest BCUT2D eigenvalue weighted by Gasteiger charge is -2.45. The fourth-order valence-electron chi connectivity index (χ4n) is 4.49. The van der Waals surface area contributed by atoms with Crippen molar-refractivity contribution in [3.63, 3.8) is 0 Å². The number of hydrogen-bond acceptors (Lipinski definition) is 3. The van der Waals surface area contributed by atoms with Crippen LogP contribution >= 0.6 is 11.8 Å². The van der Waals surface area contributed by atoms with Crippen molar-refractivity contribution < 1.29 is 9.59 Å². The van der Waals surface area contributed by atoms with Crippen LogP contribution in [0, 0.1) is 10.8 Å². The second-order valence-corrected chi connectivity index (χ2v) is 9.93. The molecule has 1 saturated carbocycles. The third kappa shape index (κ3) is 3.61. The Bertz CT molecular complexity index is 484. The summed E-state index contributed by atoms with van der Waals surface area (Å²) in [5.74, 6) is 1.70. The van der Waals surface area contributed by atoms with Gasteiger partial charge in [-0.15, -0.1) is 11.8 Å². The molecule has 3 rings (SSSR count). The van der Waals surface area contributed by atoms with Crippen molar-refractivity contribution >= 4 is 23.6 Å². The van der Waals surface area contributed by atoms with Gasteiger partial charge in [0.1, 0.15) is 6.04 Å². The molecule has 2 amide bonds. The Kier molecular flexibility index (Phi) is 5.19. The molecule has 1 unspecified atom stereocenters. The quantitative estimate of drug-likeness (QED) is 0.725. The van der Waals surface area contributed by atoms with Crippen molar-refractivity contribution in [3.8, 4) is 0 Å². The molecule has 0 aromatic rings. The number of rotatable bonds is 1. The van der Waals surface area contributed by atoms with Gasteiger partial charge in [0.15, 0.2) is 0 Å². The van der Waals surface area contributed by atoms with Gasteiger partial charge >= 0.3 is 0 Å². The first kappa shape index (κ1) is 18.1. The van der Waals surface area contributed by atoms with Gasteiger partial charge in [-0.3, -0.25) is 9.59 Å². The normalized spacial score (nSPS) is 27.5. The average Bonchev–Trinajstić information content (AvgIpc) is 3.03. The molecule has 0 radical (unpaired) electrons. The van der Waals surface area contributed by atoms with Gasteiger partial charge in [-0.25, -0.2) is 0 Å². The monoisotopic (exact) mass is 352 g/mol. The summed E-state index contributed by atoms with van der Waals surface area (Å²) in [6.07, 6.45) is 9.12. The minimum absolute atomic E-state index is 0.103. The number of nitrogens with zero attached hydrogens (tertiary/aromatic N) is 2. The zero-order valence-electron chi connectivity index (χ0n) is 15.5.